The highest BCUT2D eigenvalue weighted by Crippen LogP contribution is 2.33. The number of nitrogens with zero attached hydrogens (tertiary/aromatic N) is 2. The predicted octanol–water partition coefficient (Wildman–Crippen LogP) is 5.39. The van der Waals surface area contributed by atoms with Crippen LogP contribution in [0.4, 0.5) is 15.8 Å². The van der Waals surface area contributed by atoms with Crippen LogP contribution in [0.3, 0.4) is 0 Å². The van der Waals surface area contributed by atoms with Crippen LogP contribution in [0, 0.1) is 5.82 Å². The van der Waals surface area contributed by atoms with Gasteiger partial charge in [-0.1, -0.05) is 30.0 Å². The maximum Gasteiger partial charge on any atom is 0.242 e. The molecule has 1 N–H and O–H groups in total. The van der Waals surface area contributed by atoms with Crippen molar-refractivity contribution in [1.29, 1.82) is 0 Å². The molecule has 0 aromatic heterocycles. The number of benzene rings is 3. The molecule has 36 heavy (non-hydrogen) atoms. The third-order valence-electron chi connectivity index (χ3n) is 5.37. The van der Waals surface area contributed by atoms with E-state index in [4.69, 9.17) is 9.47 Å². The molecule has 0 unspecified atom stereocenters. The molecule has 0 saturated carbocycles. The molecule has 1 aliphatic heterocycles. The second kappa shape index (κ2) is 11.7. The Morgan fingerprint density at radius 3 is 2.53 bits per heavy atom. The number of amides is 2. The second-order valence-electron chi connectivity index (χ2n) is 7.96. The van der Waals surface area contributed by atoms with Crippen molar-refractivity contribution in [2.75, 3.05) is 19.0 Å². The van der Waals surface area contributed by atoms with Crippen molar-refractivity contribution in [3.05, 3.63) is 84.2 Å². The van der Waals surface area contributed by atoms with Gasteiger partial charge in [-0.05, 0) is 61.0 Å². The smallest absolute Gasteiger partial charge is 0.242 e. The van der Waals surface area contributed by atoms with E-state index < -0.39 is 5.25 Å². The number of amidine groups is 1. The van der Waals surface area contributed by atoms with Gasteiger partial charge in [-0.25, -0.2) is 9.38 Å². The molecule has 4 rings (SSSR count). The summed E-state index contributed by atoms with van der Waals surface area (Å²) in [5, 5.41) is 2.67. The van der Waals surface area contributed by atoms with E-state index in [2.05, 4.69) is 10.3 Å². The Bertz CT molecular complexity index is 1250. The molecule has 7 nitrogen and oxygen atoms in total. The highest BCUT2D eigenvalue weighted by atomic mass is 32.2. The van der Waals surface area contributed by atoms with Gasteiger partial charge in [0.05, 0.1) is 25.9 Å². The van der Waals surface area contributed by atoms with Gasteiger partial charge in [0, 0.05) is 18.2 Å². The number of aliphatic imine (C=N–C) groups is 1. The van der Waals surface area contributed by atoms with E-state index in [0.717, 1.165) is 5.56 Å². The number of thioether (sulfide) groups is 1. The van der Waals surface area contributed by atoms with E-state index in [-0.39, 0.29) is 30.6 Å². The molecule has 0 aliphatic carbocycles. The van der Waals surface area contributed by atoms with Gasteiger partial charge in [0.2, 0.25) is 11.8 Å². The molecule has 0 radical (unpaired) electrons. The minimum atomic E-state index is -0.641. The molecule has 1 saturated heterocycles. The van der Waals surface area contributed by atoms with Crippen molar-refractivity contribution >= 4 is 40.1 Å². The summed E-state index contributed by atoms with van der Waals surface area (Å²) in [6.07, 6.45) is -0.0239. The lowest BCUT2D eigenvalue weighted by atomic mass is 10.2. The molecule has 2 amide bonds. The fraction of sp³-hybridized carbons (Fsp3) is 0.222. The summed E-state index contributed by atoms with van der Waals surface area (Å²) in [5.41, 5.74) is 2.00. The number of carbonyl (C=O) groups is 2. The molecule has 0 spiro atoms. The van der Waals surface area contributed by atoms with Gasteiger partial charge in [0.25, 0.3) is 0 Å². The molecule has 1 heterocycles. The molecule has 1 atom stereocenters. The molecule has 186 valence electrons. The normalized spacial score (nSPS) is 16.3. The topological polar surface area (TPSA) is 80.2 Å². The fourth-order valence-corrected chi connectivity index (χ4v) is 4.78. The average molecular weight is 508 g/mol. The highest BCUT2D eigenvalue weighted by Gasteiger charge is 2.39. The van der Waals surface area contributed by atoms with Crippen LogP contribution in [-0.4, -0.2) is 40.8 Å². The number of nitrogens with one attached hydrogen (secondary N) is 1. The third-order valence-corrected chi connectivity index (χ3v) is 6.55. The highest BCUT2D eigenvalue weighted by molar-refractivity contribution is 8.15. The Labute approximate surface area is 213 Å². The Balaban J connectivity index is 1.52. The Morgan fingerprint density at radius 2 is 1.83 bits per heavy atom. The largest absolute Gasteiger partial charge is 0.497 e. The van der Waals surface area contributed by atoms with E-state index in [1.165, 1.54) is 28.8 Å². The van der Waals surface area contributed by atoms with Crippen LogP contribution in [0.5, 0.6) is 11.5 Å². The van der Waals surface area contributed by atoms with Gasteiger partial charge in [0.1, 0.15) is 22.6 Å². The molecule has 3 aromatic rings. The summed E-state index contributed by atoms with van der Waals surface area (Å²) in [6.45, 7) is 2.62. The first kappa shape index (κ1) is 25.2. The first-order valence-corrected chi connectivity index (χ1v) is 12.3. The molecule has 9 heteroatoms. The SMILES string of the molecule is CCOc1cccc(NC(=O)C[C@@H]2SC(=Nc3ccc(OC)cc3)N(Cc3ccc(F)cc3)C2=O)c1. The minimum Gasteiger partial charge on any atom is -0.497 e. The molecular weight excluding hydrogens is 481 g/mol. The number of halogens is 1. The van der Waals surface area contributed by atoms with Crippen molar-refractivity contribution in [2.45, 2.75) is 25.1 Å². The average Bonchev–Trinajstić information content (AvgIpc) is 3.15. The van der Waals surface area contributed by atoms with Gasteiger partial charge < -0.3 is 14.8 Å². The maximum absolute atomic E-state index is 13.4. The van der Waals surface area contributed by atoms with E-state index in [1.54, 1.807) is 61.7 Å². The number of rotatable bonds is 9. The zero-order valence-electron chi connectivity index (χ0n) is 19.9. The molecule has 1 fully saturated rings. The number of anilines is 1. The molecular formula is C27H26FN3O4S. The Hall–Kier alpha value is -3.85. The van der Waals surface area contributed by atoms with Crippen LogP contribution >= 0.6 is 11.8 Å². The number of hydrogen-bond donors (Lipinski definition) is 1. The van der Waals surface area contributed by atoms with Gasteiger partial charge in [-0.3, -0.25) is 14.5 Å². The molecule has 1 aliphatic rings. The Kier molecular flexibility index (Phi) is 8.22. The standard InChI is InChI=1S/C27H26FN3O4S/c1-3-35-23-6-4-5-21(15-23)29-25(32)16-24-26(33)31(17-18-7-9-19(28)10-8-18)27(36-24)30-20-11-13-22(34-2)14-12-20/h4-15,24H,3,16-17H2,1-2H3,(H,29,32)/t24-/m0/s1. The summed E-state index contributed by atoms with van der Waals surface area (Å²) in [7, 11) is 1.58. The van der Waals surface area contributed by atoms with Crippen molar-refractivity contribution in [3.63, 3.8) is 0 Å². The zero-order valence-corrected chi connectivity index (χ0v) is 20.8. The first-order valence-electron chi connectivity index (χ1n) is 11.4. The lowest BCUT2D eigenvalue weighted by Gasteiger charge is -2.17. The third kappa shape index (κ3) is 6.42. The number of carbonyl (C=O) groups excluding carboxylic acids is 2. The minimum absolute atomic E-state index is 0.0239. The quantitative estimate of drug-likeness (QED) is 0.420. The van der Waals surface area contributed by atoms with Crippen LogP contribution in [-0.2, 0) is 16.1 Å². The fourth-order valence-electron chi connectivity index (χ4n) is 3.62. The number of hydrogen-bond acceptors (Lipinski definition) is 6. The van der Waals surface area contributed by atoms with E-state index in [0.29, 0.717) is 34.6 Å². The van der Waals surface area contributed by atoms with Gasteiger partial charge >= 0.3 is 0 Å². The van der Waals surface area contributed by atoms with E-state index >= 15 is 0 Å². The second-order valence-corrected chi connectivity index (χ2v) is 9.13. The zero-order chi connectivity index (χ0) is 25.5. The summed E-state index contributed by atoms with van der Waals surface area (Å²) in [6, 6.07) is 20.2. The van der Waals surface area contributed by atoms with Gasteiger partial charge in [-0.2, -0.15) is 0 Å². The van der Waals surface area contributed by atoms with Crippen molar-refractivity contribution in [1.82, 2.24) is 4.90 Å². The van der Waals surface area contributed by atoms with Crippen LogP contribution in [0.15, 0.2) is 77.8 Å². The summed E-state index contributed by atoms with van der Waals surface area (Å²) < 4.78 is 24.1. The van der Waals surface area contributed by atoms with Crippen molar-refractivity contribution in [3.8, 4) is 11.5 Å². The van der Waals surface area contributed by atoms with E-state index in [9.17, 15) is 14.0 Å². The van der Waals surface area contributed by atoms with Crippen molar-refractivity contribution < 1.29 is 23.5 Å². The van der Waals surface area contributed by atoms with E-state index in [1.807, 2.05) is 13.0 Å². The molecule has 3 aromatic carbocycles. The van der Waals surface area contributed by atoms with Crippen LogP contribution in [0.1, 0.15) is 18.9 Å². The summed E-state index contributed by atoms with van der Waals surface area (Å²) >= 11 is 1.24. The van der Waals surface area contributed by atoms with Crippen LogP contribution in [0.25, 0.3) is 0 Å². The molecule has 0 bridgehead atoms. The van der Waals surface area contributed by atoms with Gasteiger partial charge in [0.15, 0.2) is 5.17 Å². The number of ether oxygens (including phenoxy) is 2. The number of methoxy groups -OCH3 is 1. The monoisotopic (exact) mass is 507 g/mol. The summed E-state index contributed by atoms with van der Waals surface area (Å²) in [5.74, 6) is 0.480. The predicted molar refractivity (Wildman–Crippen MR) is 139 cm³/mol. The lowest BCUT2D eigenvalue weighted by Crippen LogP contribution is -2.33. The Morgan fingerprint density at radius 1 is 1.08 bits per heavy atom. The van der Waals surface area contributed by atoms with Crippen LogP contribution in [0.2, 0.25) is 0 Å². The summed E-state index contributed by atoms with van der Waals surface area (Å²) in [4.78, 5) is 32.3. The first-order chi connectivity index (χ1) is 17.4. The van der Waals surface area contributed by atoms with Crippen molar-refractivity contribution in [2.24, 2.45) is 4.99 Å². The van der Waals surface area contributed by atoms with Crippen LogP contribution < -0.4 is 14.8 Å². The maximum atomic E-state index is 13.4. The lowest BCUT2D eigenvalue weighted by molar-refractivity contribution is -0.128. The van der Waals surface area contributed by atoms with Gasteiger partial charge in [-0.15, -0.1) is 0 Å².